The summed E-state index contributed by atoms with van der Waals surface area (Å²) >= 11 is 0. The molecule has 1 saturated heterocycles. The third-order valence-corrected chi connectivity index (χ3v) is 3.65. The molecule has 0 unspecified atom stereocenters. The number of halogens is 2. The molecular formula is C16H26Cl2N2O2. The van der Waals surface area contributed by atoms with Gasteiger partial charge in [-0.15, -0.1) is 31.4 Å². The first-order valence-electron chi connectivity index (χ1n) is 7.27. The highest BCUT2D eigenvalue weighted by atomic mass is 35.5. The predicted octanol–water partition coefficient (Wildman–Crippen LogP) is 3.16. The zero-order valence-corrected chi connectivity index (χ0v) is 14.6. The first kappa shape index (κ1) is 21.1. The van der Waals surface area contributed by atoms with Gasteiger partial charge in [0.15, 0.2) is 11.5 Å². The highest BCUT2D eigenvalue weighted by molar-refractivity contribution is 5.85. The minimum absolute atomic E-state index is 0. The van der Waals surface area contributed by atoms with Crippen LogP contribution in [0.2, 0.25) is 0 Å². The van der Waals surface area contributed by atoms with Crippen LogP contribution in [-0.4, -0.2) is 42.8 Å². The van der Waals surface area contributed by atoms with Crippen LogP contribution in [-0.2, 0) is 0 Å². The van der Waals surface area contributed by atoms with Gasteiger partial charge in [0.05, 0.1) is 6.61 Å². The number of piperazine rings is 1. The highest BCUT2D eigenvalue weighted by Gasteiger charge is 2.22. The number of benzene rings is 1. The molecule has 2 N–H and O–H groups in total. The summed E-state index contributed by atoms with van der Waals surface area (Å²) in [6, 6.07) is 5.95. The summed E-state index contributed by atoms with van der Waals surface area (Å²) < 4.78 is 5.49. The van der Waals surface area contributed by atoms with E-state index >= 15 is 0 Å². The molecule has 22 heavy (non-hydrogen) atoms. The second-order valence-electron chi connectivity index (χ2n) is 4.99. The first-order valence-corrected chi connectivity index (χ1v) is 7.27. The van der Waals surface area contributed by atoms with E-state index in [1.807, 2.05) is 25.1 Å². The van der Waals surface area contributed by atoms with Crippen molar-refractivity contribution in [3.8, 4) is 11.5 Å². The normalized spacial score (nSPS) is 16.0. The average Bonchev–Trinajstić information content (AvgIpc) is 2.48. The second kappa shape index (κ2) is 10.7. The Bertz CT molecular complexity index is 452. The zero-order valence-electron chi connectivity index (χ0n) is 13.0. The molecule has 0 aliphatic carbocycles. The van der Waals surface area contributed by atoms with Gasteiger partial charge in [0, 0.05) is 32.2 Å². The van der Waals surface area contributed by atoms with Crippen molar-refractivity contribution in [1.82, 2.24) is 10.2 Å². The standard InChI is InChI=1S/C16H24N2O2.2ClH/c1-3-5-14(18-10-8-17-9-11-18)13-6-7-15(19)16(12-13)20-4-2;;/h3,6-7,12,14,17,19H,1,4-5,8-11H2,2H3;2*1H/t14-;;/m0../s1. The maximum Gasteiger partial charge on any atom is 0.161 e. The van der Waals surface area contributed by atoms with Gasteiger partial charge in [0.2, 0.25) is 0 Å². The largest absolute Gasteiger partial charge is 0.504 e. The number of aromatic hydroxyl groups is 1. The van der Waals surface area contributed by atoms with E-state index in [-0.39, 0.29) is 30.6 Å². The molecule has 0 radical (unpaired) electrons. The van der Waals surface area contributed by atoms with Crippen LogP contribution in [0.25, 0.3) is 0 Å². The van der Waals surface area contributed by atoms with E-state index in [0.717, 1.165) is 32.6 Å². The quantitative estimate of drug-likeness (QED) is 0.775. The van der Waals surface area contributed by atoms with E-state index < -0.39 is 0 Å². The summed E-state index contributed by atoms with van der Waals surface area (Å²) in [5.74, 6) is 0.766. The summed E-state index contributed by atoms with van der Waals surface area (Å²) in [7, 11) is 0. The molecule has 0 spiro atoms. The zero-order chi connectivity index (χ0) is 14.4. The molecule has 1 aromatic carbocycles. The lowest BCUT2D eigenvalue weighted by atomic mass is 10.0. The molecule has 0 bridgehead atoms. The van der Waals surface area contributed by atoms with Crippen molar-refractivity contribution >= 4 is 24.8 Å². The molecule has 0 saturated carbocycles. The van der Waals surface area contributed by atoms with E-state index in [2.05, 4.69) is 16.8 Å². The summed E-state index contributed by atoms with van der Waals surface area (Å²) in [4.78, 5) is 2.46. The van der Waals surface area contributed by atoms with Crippen molar-refractivity contribution in [2.24, 2.45) is 0 Å². The monoisotopic (exact) mass is 348 g/mol. The lowest BCUT2D eigenvalue weighted by Gasteiger charge is -2.35. The van der Waals surface area contributed by atoms with Gasteiger partial charge in [-0.1, -0.05) is 12.1 Å². The van der Waals surface area contributed by atoms with Gasteiger partial charge >= 0.3 is 0 Å². The molecule has 2 rings (SSSR count). The van der Waals surface area contributed by atoms with Crippen LogP contribution in [0.4, 0.5) is 0 Å². The van der Waals surface area contributed by atoms with Gasteiger partial charge in [-0.2, -0.15) is 0 Å². The Labute approximate surface area is 145 Å². The Morgan fingerprint density at radius 3 is 2.64 bits per heavy atom. The Morgan fingerprint density at radius 2 is 2.05 bits per heavy atom. The van der Waals surface area contributed by atoms with Crippen molar-refractivity contribution in [2.75, 3.05) is 32.8 Å². The van der Waals surface area contributed by atoms with Crippen LogP contribution in [0, 0.1) is 0 Å². The molecule has 1 aromatic rings. The number of phenolic OH excluding ortho intramolecular Hbond substituents is 1. The smallest absolute Gasteiger partial charge is 0.161 e. The average molecular weight is 349 g/mol. The Morgan fingerprint density at radius 1 is 1.36 bits per heavy atom. The number of phenols is 1. The van der Waals surface area contributed by atoms with Crippen LogP contribution in [0.15, 0.2) is 30.9 Å². The molecular weight excluding hydrogens is 323 g/mol. The number of rotatable bonds is 6. The van der Waals surface area contributed by atoms with Crippen LogP contribution < -0.4 is 10.1 Å². The molecule has 126 valence electrons. The Balaban J connectivity index is 0.00000220. The van der Waals surface area contributed by atoms with E-state index in [1.165, 1.54) is 5.56 Å². The molecule has 1 fully saturated rings. The van der Waals surface area contributed by atoms with Gasteiger partial charge in [-0.3, -0.25) is 4.90 Å². The van der Waals surface area contributed by atoms with E-state index in [1.54, 1.807) is 6.07 Å². The van der Waals surface area contributed by atoms with Crippen molar-refractivity contribution in [1.29, 1.82) is 0 Å². The fourth-order valence-electron chi connectivity index (χ4n) is 2.66. The summed E-state index contributed by atoms with van der Waals surface area (Å²) in [6.45, 7) is 10.4. The predicted molar refractivity (Wildman–Crippen MR) is 95.8 cm³/mol. The number of nitrogens with one attached hydrogen (secondary N) is 1. The molecule has 1 heterocycles. The van der Waals surface area contributed by atoms with E-state index in [9.17, 15) is 5.11 Å². The molecule has 1 aliphatic heterocycles. The maximum atomic E-state index is 9.82. The van der Waals surface area contributed by atoms with Gasteiger partial charge in [0.1, 0.15) is 0 Å². The van der Waals surface area contributed by atoms with Crippen molar-refractivity contribution in [3.63, 3.8) is 0 Å². The van der Waals surface area contributed by atoms with Crippen LogP contribution >= 0.6 is 24.8 Å². The number of hydrogen-bond acceptors (Lipinski definition) is 4. The fourth-order valence-corrected chi connectivity index (χ4v) is 2.66. The SMILES string of the molecule is C=CC[C@@H](c1ccc(O)c(OCC)c1)N1CCNCC1.Cl.Cl. The number of hydrogen-bond donors (Lipinski definition) is 2. The number of ether oxygens (including phenoxy) is 1. The molecule has 1 aliphatic rings. The van der Waals surface area contributed by atoms with Crippen molar-refractivity contribution < 1.29 is 9.84 Å². The van der Waals surface area contributed by atoms with E-state index in [0.29, 0.717) is 18.4 Å². The lowest BCUT2D eigenvalue weighted by Crippen LogP contribution is -2.45. The summed E-state index contributed by atoms with van der Waals surface area (Å²) in [6.07, 6.45) is 2.86. The van der Waals surface area contributed by atoms with Gasteiger partial charge in [-0.05, 0) is 31.0 Å². The van der Waals surface area contributed by atoms with Crippen LogP contribution in [0.1, 0.15) is 24.9 Å². The third kappa shape index (κ3) is 5.36. The molecule has 0 amide bonds. The van der Waals surface area contributed by atoms with Gasteiger partial charge < -0.3 is 15.2 Å². The minimum Gasteiger partial charge on any atom is -0.504 e. The molecule has 1 atom stereocenters. The van der Waals surface area contributed by atoms with Crippen LogP contribution in [0.3, 0.4) is 0 Å². The number of nitrogens with zero attached hydrogens (tertiary/aromatic N) is 1. The highest BCUT2D eigenvalue weighted by Crippen LogP contribution is 2.33. The lowest BCUT2D eigenvalue weighted by molar-refractivity contribution is 0.174. The molecule has 4 nitrogen and oxygen atoms in total. The first-order chi connectivity index (χ1) is 9.76. The third-order valence-electron chi connectivity index (χ3n) is 3.65. The van der Waals surface area contributed by atoms with Crippen molar-refractivity contribution in [2.45, 2.75) is 19.4 Å². The fraction of sp³-hybridized carbons (Fsp3) is 0.500. The van der Waals surface area contributed by atoms with Gasteiger partial charge in [0.25, 0.3) is 0 Å². The maximum absolute atomic E-state index is 9.82. The van der Waals surface area contributed by atoms with Crippen molar-refractivity contribution in [3.05, 3.63) is 36.4 Å². The Kier molecular flexibility index (Phi) is 10.3. The van der Waals surface area contributed by atoms with Gasteiger partial charge in [-0.25, -0.2) is 0 Å². The second-order valence-corrected chi connectivity index (χ2v) is 4.99. The van der Waals surface area contributed by atoms with Crippen LogP contribution in [0.5, 0.6) is 11.5 Å². The molecule has 6 heteroatoms. The minimum atomic E-state index is 0. The molecule has 0 aromatic heterocycles. The van der Waals surface area contributed by atoms with E-state index in [4.69, 9.17) is 4.74 Å². The summed E-state index contributed by atoms with van der Waals surface area (Å²) in [5.41, 5.74) is 1.17. The summed E-state index contributed by atoms with van der Waals surface area (Å²) in [5, 5.41) is 13.2. The Hall–Kier alpha value is -0.940. The topological polar surface area (TPSA) is 44.7 Å².